The number of hydrogen-bond acceptors (Lipinski definition) is 6. The van der Waals surface area contributed by atoms with Gasteiger partial charge >= 0.3 is 0 Å². The first kappa shape index (κ1) is 16.9. The van der Waals surface area contributed by atoms with Gasteiger partial charge < -0.3 is 0 Å². The molecule has 0 bridgehead atoms. The van der Waals surface area contributed by atoms with E-state index in [1.807, 2.05) is 53.3 Å². The van der Waals surface area contributed by atoms with Crippen LogP contribution in [0.1, 0.15) is 5.56 Å². The molecule has 0 spiro atoms. The Morgan fingerprint density at radius 1 is 1.07 bits per heavy atom. The SMILES string of the molecule is Clc1cc(N/N=C/c2cn(-c3ccccc3)nc2-c2cccnc2)ncn1. The predicted octanol–water partition coefficient (Wildman–Crippen LogP) is 3.82. The summed E-state index contributed by atoms with van der Waals surface area (Å²) in [5.41, 5.74) is 6.31. The molecule has 0 aliphatic carbocycles. The highest BCUT2D eigenvalue weighted by Gasteiger charge is 2.11. The topological polar surface area (TPSA) is 80.9 Å². The Hall–Kier alpha value is -3.58. The Labute approximate surface area is 160 Å². The molecule has 0 aliphatic rings. The van der Waals surface area contributed by atoms with Crippen LogP contribution in [0.2, 0.25) is 5.15 Å². The first-order valence-corrected chi connectivity index (χ1v) is 8.49. The Balaban J connectivity index is 1.68. The van der Waals surface area contributed by atoms with Crippen LogP contribution < -0.4 is 5.43 Å². The summed E-state index contributed by atoms with van der Waals surface area (Å²) in [6, 6.07) is 15.3. The van der Waals surface area contributed by atoms with Crippen LogP contribution in [0.3, 0.4) is 0 Å². The summed E-state index contributed by atoms with van der Waals surface area (Å²) in [4.78, 5) is 12.1. The molecular formula is C19H14ClN7. The summed E-state index contributed by atoms with van der Waals surface area (Å²) in [7, 11) is 0. The van der Waals surface area contributed by atoms with Gasteiger partial charge in [0.2, 0.25) is 0 Å². The van der Waals surface area contributed by atoms with Crippen molar-refractivity contribution >= 4 is 23.6 Å². The van der Waals surface area contributed by atoms with Gasteiger partial charge in [-0.1, -0.05) is 29.8 Å². The summed E-state index contributed by atoms with van der Waals surface area (Å²) in [6.45, 7) is 0. The van der Waals surface area contributed by atoms with Crippen molar-refractivity contribution < 1.29 is 0 Å². The summed E-state index contributed by atoms with van der Waals surface area (Å²) in [5, 5.41) is 9.29. The van der Waals surface area contributed by atoms with Crippen LogP contribution in [-0.4, -0.2) is 30.9 Å². The Morgan fingerprint density at radius 3 is 2.74 bits per heavy atom. The van der Waals surface area contributed by atoms with Gasteiger partial charge in [0.05, 0.1) is 11.9 Å². The third-order valence-corrected chi connectivity index (χ3v) is 3.92. The first-order chi connectivity index (χ1) is 13.3. The van der Waals surface area contributed by atoms with Crippen molar-refractivity contribution in [2.45, 2.75) is 0 Å². The normalized spacial score (nSPS) is 11.0. The van der Waals surface area contributed by atoms with Crippen molar-refractivity contribution in [3.8, 4) is 16.9 Å². The number of nitrogens with one attached hydrogen (secondary N) is 1. The van der Waals surface area contributed by atoms with E-state index in [1.54, 1.807) is 24.7 Å². The molecule has 0 atom stereocenters. The van der Waals surface area contributed by atoms with Crippen molar-refractivity contribution in [2.75, 3.05) is 5.43 Å². The van der Waals surface area contributed by atoms with Gasteiger partial charge in [-0.05, 0) is 24.3 Å². The molecule has 7 nitrogen and oxygen atoms in total. The summed E-state index contributed by atoms with van der Waals surface area (Å²) in [5.74, 6) is 0.504. The lowest BCUT2D eigenvalue weighted by atomic mass is 10.1. The van der Waals surface area contributed by atoms with Crippen molar-refractivity contribution in [3.05, 3.63) is 84.2 Å². The van der Waals surface area contributed by atoms with Gasteiger partial charge in [-0.25, -0.2) is 14.6 Å². The molecule has 0 amide bonds. The smallest absolute Gasteiger partial charge is 0.151 e. The predicted molar refractivity (Wildman–Crippen MR) is 105 cm³/mol. The highest BCUT2D eigenvalue weighted by atomic mass is 35.5. The molecule has 0 radical (unpaired) electrons. The molecule has 27 heavy (non-hydrogen) atoms. The van der Waals surface area contributed by atoms with Crippen molar-refractivity contribution in [1.82, 2.24) is 24.7 Å². The standard InChI is InChI=1S/C19H14ClN7/c20-17-9-18(23-13-22-17)25-24-11-15-12-27(16-6-2-1-3-7-16)26-19(15)14-5-4-8-21-10-14/h1-13H,(H,22,23,25)/b24-11+. The highest BCUT2D eigenvalue weighted by Crippen LogP contribution is 2.22. The molecule has 0 aliphatic heterocycles. The number of aromatic nitrogens is 5. The van der Waals surface area contributed by atoms with Crippen LogP contribution in [-0.2, 0) is 0 Å². The number of benzene rings is 1. The molecule has 132 valence electrons. The van der Waals surface area contributed by atoms with Crippen LogP contribution in [0.5, 0.6) is 0 Å². The van der Waals surface area contributed by atoms with E-state index >= 15 is 0 Å². The van der Waals surface area contributed by atoms with Crippen LogP contribution >= 0.6 is 11.6 Å². The van der Waals surface area contributed by atoms with Gasteiger partial charge in [-0.2, -0.15) is 10.2 Å². The molecular weight excluding hydrogens is 362 g/mol. The monoisotopic (exact) mass is 375 g/mol. The zero-order valence-corrected chi connectivity index (χ0v) is 14.8. The lowest BCUT2D eigenvalue weighted by Gasteiger charge is -2.00. The summed E-state index contributed by atoms with van der Waals surface area (Å²) >= 11 is 5.85. The van der Waals surface area contributed by atoms with Gasteiger partial charge in [0, 0.05) is 35.8 Å². The van der Waals surface area contributed by atoms with Gasteiger partial charge in [-0.3, -0.25) is 10.4 Å². The highest BCUT2D eigenvalue weighted by molar-refractivity contribution is 6.29. The summed E-state index contributed by atoms with van der Waals surface area (Å²) in [6.07, 6.45) is 8.47. The minimum Gasteiger partial charge on any atom is -0.264 e. The minimum atomic E-state index is 0.343. The maximum Gasteiger partial charge on any atom is 0.151 e. The van der Waals surface area contributed by atoms with Gasteiger partial charge in [0.25, 0.3) is 0 Å². The fraction of sp³-hybridized carbons (Fsp3) is 0. The number of halogens is 1. The van der Waals surface area contributed by atoms with E-state index in [0.29, 0.717) is 11.0 Å². The molecule has 0 fully saturated rings. The second-order valence-corrected chi connectivity index (χ2v) is 5.94. The Kier molecular flexibility index (Phi) is 4.84. The zero-order chi connectivity index (χ0) is 18.5. The van der Waals surface area contributed by atoms with Crippen molar-refractivity contribution in [1.29, 1.82) is 0 Å². The van der Waals surface area contributed by atoms with Gasteiger partial charge in [-0.15, -0.1) is 0 Å². The summed E-state index contributed by atoms with van der Waals surface area (Å²) < 4.78 is 1.81. The fourth-order valence-corrected chi connectivity index (χ4v) is 2.63. The molecule has 1 N–H and O–H groups in total. The van der Waals surface area contributed by atoms with E-state index in [1.165, 1.54) is 6.33 Å². The number of para-hydroxylation sites is 1. The average molecular weight is 376 g/mol. The molecule has 8 heteroatoms. The van der Waals surface area contributed by atoms with E-state index in [9.17, 15) is 0 Å². The quantitative estimate of drug-likeness (QED) is 0.326. The van der Waals surface area contributed by atoms with E-state index in [-0.39, 0.29) is 0 Å². The second-order valence-electron chi connectivity index (χ2n) is 5.55. The van der Waals surface area contributed by atoms with E-state index in [2.05, 4.69) is 25.5 Å². The van der Waals surface area contributed by atoms with Crippen LogP contribution in [0.25, 0.3) is 16.9 Å². The maximum atomic E-state index is 5.85. The number of rotatable bonds is 5. The van der Waals surface area contributed by atoms with Crippen molar-refractivity contribution in [3.63, 3.8) is 0 Å². The van der Waals surface area contributed by atoms with Gasteiger partial charge in [0.1, 0.15) is 17.2 Å². The fourth-order valence-electron chi connectivity index (χ4n) is 2.48. The molecule has 3 heterocycles. The van der Waals surface area contributed by atoms with Gasteiger partial charge in [0.15, 0.2) is 5.82 Å². The Morgan fingerprint density at radius 2 is 1.96 bits per heavy atom. The first-order valence-electron chi connectivity index (χ1n) is 8.12. The molecule has 4 aromatic rings. The van der Waals surface area contributed by atoms with Crippen molar-refractivity contribution in [2.24, 2.45) is 5.10 Å². The number of nitrogens with zero attached hydrogens (tertiary/aromatic N) is 6. The van der Waals surface area contributed by atoms with Crippen LogP contribution in [0, 0.1) is 0 Å². The molecule has 0 saturated carbocycles. The number of hydrogen-bond donors (Lipinski definition) is 1. The van der Waals surface area contributed by atoms with E-state index in [0.717, 1.165) is 22.5 Å². The molecule has 1 aromatic carbocycles. The Bertz CT molecular complexity index is 1060. The molecule has 4 rings (SSSR count). The number of anilines is 1. The third-order valence-electron chi connectivity index (χ3n) is 3.71. The molecule has 3 aromatic heterocycles. The van der Waals surface area contributed by atoms with Crippen LogP contribution in [0.4, 0.5) is 5.82 Å². The lowest BCUT2D eigenvalue weighted by molar-refractivity contribution is 0.884. The van der Waals surface area contributed by atoms with Crippen LogP contribution in [0.15, 0.2) is 78.6 Å². The number of hydrazone groups is 1. The second kappa shape index (κ2) is 7.76. The molecule has 0 unspecified atom stereocenters. The third kappa shape index (κ3) is 3.99. The van der Waals surface area contributed by atoms with E-state index < -0.39 is 0 Å². The average Bonchev–Trinajstić information content (AvgIpc) is 3.14. The largest absolute Gasteiger partial charge is 0.264 e. The maximum absolute atomic E-state index is 5.85. The number of pyridine rings is 1. The zero-order valence-electron chi connectivity index (χ0n) is 14.1. The minimum absolute atomic E-state index is 0.343. The lowest BCUT2D eigenvalue weighted by Crippen LogP contribution is -1.94. The molecule has 0 saturated heterocycles. The van der Waals surface area contributed by atoms with E-state index in [4.69, 9.17) is 16.7 Å².